The van der Waals surface area contributed by atoms with Gasteiger partial charge in [0, 0.05) is 38.6 Å². The molecule has 0 radical (unpaired) electrons. The number of para-hydroxylation sites is 1. The molecule has 1 aliphatic rings. The van der Waals surface area contributed by atoms with E-state index in [4.69, 9.17) is 0 Å². The fourth-order valence-electron chi connectivity index (χ4n) is 4.64. The first kappa shape index (κ1) is 21.1. The summed E-state index contributed by atoms with van der Waals surface area (Å²) >= 11 is 0. The predicted molar refractivity (Wildman–Crippen MR) is 124 cm³/mol. The summed E-state index contributed by atoms with van der Waals surface area (Å²) in [6, 6.07) is 9.82. The number of likely N-dealkylation sites (tertiary alicyclic amines) is 1. The van der Waals surface area contributed by atoms with E-state index in [-0.39, 0.29) is 17.9 Å². The van der Waals surface area contributed by atoms with Crippen molar-refractivity contribution in [2.75, 3.05) is 20.6 Å². The van der Waals surface area contributed by atoms with Crippen LogP contribution in [0.2, 0.25) is 0 Å². The maximum Gasteiger partial charge on any atom is 0.258 e. The fraction of sp³-hybridized carbons (Fsp3) is 0.375. The molecule has 1 fully saturated rings. The van der Waals surface area contributed by atoms with E-state index in [9.17, 15) is 9.59 Å². The van der Waals surface area contributed by atoms with E-state index in [1.165, 1.54) is 4.90 Å². The Balaban J connectivity index is 1.40. The molecule has 1 aromatic carbocycles. The normalized spacial score (nSPS) is 16.4. The maximum absolute atomic E-state index is 13.3. The molecule has 5 rings (SSSR count). The van der Waals surface area contributed by atoms with Crippen LogP contribution in [-0.4, -0.2) is 66.6 Å². The van der Waals surface area contributed by atoms with Gasteiger partial charge in [-0.1, -0.05) is 18.2 Å². The third-order valence-electron chi connectivity index (χ3n) is 6.32. The van der Waals surface area contributed by atoms with E-state index in [1.54, 1.807) is 31.0 Å². The number of nitrogens with zero attached hydrogens (tertiary/aromatic N) is 7. The summed E-state index contributed by atoms with van der Waals surface area (Å²) in [5.74, 6) is -0.0429. The minimum absolute atomic E-state index is 0.0981. The molecule has 33 heavy (non-hydrogen) atoms. The zero-order valence-electron chi connectivity index (χ0n) is 18.9. The topological polar surface area (TPSA) is 88.6 Å². The Morgan fingerprint density at radius 2 is 1.94 bits per heavy atom. The van der Waals surface area contributed by atoms with E-state index < -0.39 is 0 Å². The number of carbonyl (C=O) groups is 2. The lowest BCUT2D eigenvalue weighted by atomic mass is 9.98. The highest BCUT2D eigenvalue weighted by molar-refractivity contribution is 5.99. The van der Waals surface area contributed by atoms with Gasteiger partial charge in [0.05, 0.1) is 36.2 Å². The Labute approximate surface area is 191 Å². The lowest BCUT2D eigenvalue weighted by Gasteiger charge is -2.36. The van der Waals surface area contributed by atoms with E-state index >= 15 is 0 Å². The van der Waals surface area contributed by atoms with Crippen LogP contribution in [0.5, 0.6) is 0 Å². The van der Waals surface area contributed by atoms with Crippen LogP contribution in [0.15, 0.2) is 48.9 Å². The first-order valence-electron chi connectivity index (χ1n) is 11.3. The first-order valence-corrected chi connectivity index (χ1v) is 11.3. The summed E-state index contributed by atoms with van der Waals surface area (Å²) in [5, 5.41) is 9.99. The summed E-state index contributed by atoms with van der Waals surface area (Å²) < 4.78 is 3.61. The third kappa shape index (κ3) is 3.83. The number of aryl methyl sites for hydroxylation is 1. The number of aromatic nitrogens is 5. The molecule has 9 heteroatoms. The Bertz CT molecular complexity index is 1320. The number of carbonyl (C=O) groups excluding carboxylic acids is 2. The summed E-state index contributed by atoms with van der Waals surface area (Å²) in [4.78, 5) is 33.7. The summed E-state index contributed by atoms with van der Waals surface area (Å²) in [5.41, 5.74) is 2.90. The molecular weight excluding hydrogens is 418 g/mol. The van der Waals surface area contributed by atoms with E-state index in [2.05, 4.69) is 15.2 Å². The van der Waals surface area contributed by atoms with Crippen LogP contribution < -0.4 is 0 Å². The number of hydrogen-bond donors (Lipinski definition) is 0. The molecule has 1 aliphatic heterocycles. The molecule has 4 aromatic rings. The molecule has 9 nitrogen and oxygen atoms in total. The fourth-order valence-corrected chi connectivity index (χ4v) is 4.64. The van der Waals surface area contributed by atoms with Crippen LogP contribution in [-0.2, 0) is 11.3 Å². The van der Waals surface area contributed by atoms with Gasteiger partial charge < -0.3 is 9.80 Å². The van der Waals surface area contributed by atoms with Crippen molar-refractivity contribution in [1.29, 1.82) is 0 Å². The lowest BCUT2D eigenvalue weighted by Crippen LogP contribution is -2.39. The van der Waals surface area contributed by atoms with Gasteiger partial charge in [-0.05, 0) is 31.4 Å². The van der Waals surface area contributed by atoms with Crippen molar-refractivity contribution in [2.45, 2.75) is 38.3 Å². The van der Waals surface area contributed by atoms with Crippen molar-refractivity contribution in [1.82, 2.24) is 34.2 Å². The Kier molecular flexibility index (Phi) is 5.53. The minimum Gasteiger partial charge on any atom is -0.345 e. The zero-order valence-corrected chi connectivity index (χ0v) is 18.9. The van der Waals surface area contributed by atoms with E-state index in [0.717, 1.165) is 35.9 Å². The van der Waals surface area contributed by atoms with Gasteiger partial charge in [0.2, 0.25) is 5.91 Å². The van der Waals surface area contributed by atoms with Crippen LogP contribution in [0.4, 0.5) is 0 Å². The lowest BCUT2D eigenvalue weighted by molar-refractivity contribution is -0.135. The molecule has 170 valence electrons. The molecule has 0 unspecified atom stereocenters. The zero-order chi connectivity index (χ0) is 22.9. The largest absolute Gasteiger partial charge is 0.345 e. The third-order valence-corrected chi connectivity index (χ3v) is 6.32. The van der Waals surface area contributed by atoms with E-state index in [0.29, 0.717) is 30.7 Å². The van der Waals surface area contributed by atoms with Crippen molar-refractivity contribution in [2.24, 2.45) is 0 Å². The molecule has 4 heterocycles. The average Bonchev–Trinajstić information content (AvgIpc) is 3.46. The van der Waals surface area contributed by atoms with Crippen LogP contribution in [0.3, 0.4) is 0 Å². The summed E-state index contributed by atoms with van der Waals surface area (Å²) in [7, 11) is 3.42. The van der Waals surface area contributed by atoms with Gasteiger partial charge >= 0.3 is 0 Å². The molecule has 0 bridgehead atoms. The van der Waals surface area contributed by atoms with Gasteiger partial charge in [-0.2, -0.15) is 10.2 Å². The second kappa shape index (κ2) is 8.65. The maximum atomic E-state index is 13.3. The van der Waals surface area contributed by atoms with Gasteiger partial charge in [0.1, 0.15) is 5.56 Å². The highest BCUT2D eigenvalue weighted by Crippen LogP contribution is 2.32. The number of hydrogen-bond acceptors (Lipinski definition) is 5. The van der Waals surface area contributed by atoms with Crippen molar-refractivity contribution in [3.63, 3.8) is 0 Å². The first-order chi connectivity index (χ1) is 16.0. The number of rotatable bonds is 5. The monoisotopic (exact) mass is 445 g/mol. The highest BCUT2D eigenvalue weighted by atomic mass is 16.2. The number of benzene rings is 1. The molecule has 1 atom stereocenters. The second-order valence-corrected chi connectivity index (χ2v) is 8.64. The number of piperidine rings is 1. The SMILES string of the molecule is CN(C)C(=O)c1cnn2c([C@H]3CCCCN3C(=O)CCn3ncc4ccccc43)ccnc12. The predicted octanol–water partition coefficient (Wildman–Crippen LogP) is 2.92. The summed E-state index contributed by atoms with van der Waals surface area (Å²) in [6.07, 6.45) is 8.34. The number of fused-ring (bicyclic) bond motifs is 2. The van der Waals surface area contributed by atoms with Crippen LogP contribution in [0.1, 0.15) is 47.8 Å². The standard InChI is InChI=1S/C24H27N7O2/c1-28(2)24(33)18-16-27-31-21(10-12-25-23(18)31)20-9-5-6-13-29(20)22(32)11-14-30-19-8-4-3-7-17(19)15-26-30/h3-4,7-8,10,12,15-16,20H,5-6,9,11,13-14H2,1-2H3/t20-/m1/s1. The quantitative estimate of drug-likeness (QED) is 0.471. The van der Waals surface area contributed by atoms with Crippen LogP contribution in [0, 0.1) is 0 Å². The Morgan fingerprint density at radius 3 is 2.79 bits per heavy atom. The van der Waals surface area contributed by atoms with Crippen molar-refractivity contribution in [3.05, 3.63) is 60.2 Å². The van der Waals surface area contributed by atoms with Gasteiger partial charge in [-0.25, -0.2) is 9.50 Å². The van der Waals surface area contributed by atoms with Crippen molar-refractivity contribution >= 4 is 28.4 Å². The summed E-state index contributed by atoms with van der Waals surface area (Å²) in [6.45, 7) is 1.24. The van der Waals surface area contributed by atoms with E-state index in [1.807, 2.05) is 46.1 Å². The number of amides is 2. The molecular formula is C24H27N7O2. The van der Waals surface area contributed by atoms with Gasteiger partial charge in [0.15, 0.2) is 5.65 Å². The minimum atomic E-state index is -0.141. The molecule has 0 N–H and O–H groups in total. The Hall–Kier alpha value is -3.75. The van der Waals surface area contributed by atoms with Crippen molar-refractivity contribution < 1.29 is 9.59 Å². The van der Waals surface area contributed by atoms with Crippen LogP contribution >= 0.6 is 0 Å². The van der Waals surface area contributed by atoms with Gasteiger partial charge in [0.25, 0.3) is 5.91 Å². The van der Waals surface area contributed by atoms with Gasteiger partial charge in [-0.3, -0.25) is 14.3 Å². The van der Waals surface area contributed by atoms with Crippen LogP contribution in [0.25, 0.3) is 16.6 Å². The molecule has 0 saturated carbocycles. The smallest absolute Gasteiger partial charge is 0.258 e. The second-order valence-electron chi connectivity index (χ2n) is 8.64. The Morgan fingerprint density at radius 1 is 1.09 bits per heavy atom. The molecule has 3 aromatic heterocycles. The average molecular weight is 446 g/mol. The van der Waals surface area contributed by atoms with Crippen molar-refractivity contribution in [3.8, 4) is 0 Å². The molecule has 1 saturated heterocycles. The molecule has 0 aliphatic carbocycles. The molecule has 2 amide bonds. The highest BCUT2D eigenvalue weighted by Gasteiger charge is 2.30. The molecule has 0 spiro atoms. The van der Waals surface area contributed by atoms with Gasteiger partial charge in [-0.15, -0.1) is 0 Å².